The van der Waals surface area contributed by atoms with E-state index in [4.69, 9.17) is 17.6 Å². The summed E-state index contributed by atoms with van der Waals surface area (Å²) in [5.41, 5.74) is 6.71. The summed E-state index contributed by atoms with van der Waals surface area (Å²) < 4.78 is 0. The van der Waals surface area contributed by atoms with E-state index in [0.717, 1.165) is 6.42 Å². The molecule has 29 heavy (non-hydrogen) atoms. The summed E-state index contributed by atoms with van der Waals surface area (Å²) in [6.45, 7) is 2.23. The van der Waals surface area contributed by atoms with Crippen LogP contribution in [0.15, 0.2) is 24.3 Å². The normalized spacial score (nSPS) is 18.4. The maximum absolute atomic E-state index is 12.9. The number of carboxylic acid groups (broad SMARTS) is 1. The van der Waals surface area contributed by atoms with E-state index >= 15 is 0 Å². The number of anilines is 1. The summed E-state index contributed by atoms with van der Waals surface area (Å²) in [5, 5.41) is 19.3. The third kappa shape index (κ3) is 5.35. The number of hydrogen-bond acceptors (Lipinski definition) is 4. The van der Waals surface area contributed by atoms with E-state index in [-0.39, 0.29) is 24.6 Å². The summed E-state index contributed by atoms with van der Waals surface area (Å²) in [5.74, 6) is -0.755. The molecule has 0 bridgehead atoms. The Labute approximate surface area is 170 Å². The lowest BCUT2D eigenvalue weighted by Gasteiger charge is -2.32. The topological polar surface area (TPSA) is 137 Å². The number of benzene rings is 1. The Morgan fingerprint density at radius 3 is 2.59 bits per heavy atom. The second-order valence-electron chi connectivity index (χ2n) is 7.06. The van der Waals surface area contributed by atoms with Crippen LogP contribution in [0.4, 0.5) is 5.69 Å². The summed E-state index contributed by atoms with van der Waals surface area (Å²) in [6.07, 6.45) is 6.96. The maximum Gasteiger partial charge on any atom is 0.309 e. The largest absolute Gasteiger partial charge is 0.481 e. The number of carbonyl (C=O) groups is 3. The fourth-order valence-electron chi connectivity index (χ4n) is 3.48. The third-order valence-corrected chi connectivity index (χ3v) is 5.13. The van der Waals surface area contributed by atoms with Crippen LogP contribution in [0.5, 0.6) is 0 Å². The number of carboxylic acids is 1. The molecule has 0 spiro atoms. The first-order valence-electron chi connectivity index (χ1n) is 9.52. The van der Waals surface area contributed by atoms with Crippen molar-refractivity contribution < 1.29 is 19.5 Å². The quantitative estimate of drug-likeness (QED) is 0.297. The molecular formula is C21H26N4O4. The molecule has 0 saturated carbocycles. The van der Waals surface area contributed by atoms with E-state index in [2.05, 4.69) is 11.2 Å². The van der Waals surface area contributed by atoms with Crippen LogP contribution in [0.25, 0.3) is 0 Å². The zero-order valence-electron chi connectivity index (χ0n) is 16.4. The molecule has 5 N–H and O–H groups in total. The van der Waals surface area contributed by atoms with Crippen molar-refractivity contribution >= 4 is 29.3 Å². The molecule has 1 aliphatic heterocycles. The van der Waals surface area contributed by atoms with Crippen LogP contribution in [-0.2, 0) is 14.4 Å². The molecule has 1 fully saturated rings. The Hall–Kier alpha value is -3.34. The summed E-state index contributed by atoms with van der Waals surface area (Å²) in [7, 11) is 0. The number of terminal acetylenes is 1. The highest BCUT2D eigenvalue weighted by atomic mass is 16.4. The zero-order chi connectivity index (χ0) is 21.6. The summed E-state index contributed by atoms with van der Waals surface area (Å²) >= 11 is 0. The van der Waals surface area contributed by atoms with Gasteiger partial charge in [-0.1, -0.05) is 12.8 Å². The number of hydrogen-bond donors (Lipinski definition) is 4. The van der Waals surface area contributed by atoms with Gasteiger partial charge in [-0.3, -0.25) is 19.8 Å². The molecule has 2 rings (SSSR count). The van der Waals surface area contributed by atoms with Crippen LogP contribution in [0, 0.1) is 29.6 Å². The van der Waals surface area contributed by atoms with Gasteiger partial charge in [-0.15, -0.1) is 6.42 Å². The van der Waals surface area contributed by atoms with E-state index in [1.807, 2.05) is 0 Å². The Morgan fingerprint density at radius 2 is 2.07 bits per heavy atom. The fraction of sp³-hybridized carbons (Fsp3) is 0.429. The number of nitrogens with one attached hydrogen (secondary N) is 2. The molecule has 2 unspecified atom stereocenters. The second kappa shape index (κ2) is 9.73. The first kappa shape index (κ1) is 22.0. The van der Waals surface area contributed by atoms with Gasteiger partial charge in [-0.25, -0.2) is 0 Å². The maximum atomic E-state index is 12.9. The number of rotatable bonds is 8. The van der Waals surface area contributed by atoms with Gasteiger partial charge in [0.05, 0.1) is 5.92 Å². The van der Waals surface area contributed by atoms with Crippen molar-refractivity contribution in [3.8, 4) is 12.3 Å². The number of nitrogens with two attached hydrogens (primary N) is 1. The van der Waals surface area contributed by atoms with Gasteiger partial charge in [-0.2, -0.15) is 0 Å². The van der Waals surface area contributed by atoms with Crippen molar-refractivity contribution in [1.29, 1.82) is 5.41 Å². The van der Waals surface area contributed by atoms with Gasteiger partial charge in [0.2, 0.25) is 11.8 Å². The number of nitrogen functional groups attached to an aromatic ring is 1. The first-order chi connectivity index (χ1) is 13.8. The highest BCUT2D eigenvalue weighted by molar-refractivity contribution is 5.99. The molecule has 0 aliphatic carbocycles. The molecular weight excluding hydrogens is 372 g/mol. The van der Waals surface area contributed by atoms with Crippen molar-refractivity contribution in [1.82, 2.24) is 5.32 Å². The van der Waals surface area contributed by atoms with E-state index in [0.29, 0.717) is 24.2 Å². The Morgan fingerprint density at radius 1 is 1.41 bits per heavy atom. The van der Waals surface area contributed by atoms with Gasteiger partial charge in [-0.05, 0) is 43.5 Å². The van der Waals surface area contributed by atoms with Crippen LogP contribution in [0.1, 0.15) is 38.2 Å². The molecule has 0 aromatic heterocycles. The predicted molar refractivity (Wildman–Crippen MR) is 109 cm³/mol. The smallest absolute Gasteiger partial charge is 0.309 e. The minimum Gasteiger partial charge on any atom is -0.481 e. The fourth-order valence-corrected chi connectivity index (χ4v) is 3.48. The van der Waals surface area contributed by atoms with Gasteiger partial charge in [0.1, 0.15) is 11.9 Å². The lowest BCUT2D eigenvalue weighted by molar-refractivity contribution is -0.142. The Bertz CT molecular complexity index is 828. The second-order valence-corrected chi connectivity index (χ2v) is 7.06. The summed E-state index contributed by atoms with van der Waals surface area (Å²) in [6, 6.07) is 5.89. The number of carbonyl (C=O) groups excluding carboxylic acids is 2. The molecule has 1 heterocycles. The average Bonchev–Trinajstić information content (AvgIpc) is 2.69. The third-order valence-electron chi connectivity index (χ3n) is 5.13. The minimum absolute atomic E-state index is 0.0465. The predicted octanol–water partition coefficient (Wildman–Crippen LogP) is 1.33. The number of amides is 2. The molecule has 2 amide bonds. The molecule has 8 nitrogen and oxygen atoms in total. The molecule has 0 radical (unpaired) electrons. The molecule has 1 aromatic rings. The number of amidine groups is 1. The van der Waals surface area contributed by atoms with Crippen molar-refractivity contribution in [2.24, 2.45) is 17.6 Å². The van der Waals surface area contributed by atoms with E-state index in [9.17, 15) is 19.5 Å². The molecule has 8 heteroatoms. The number of nitrogens with zero attached hydrogens (tertiary/aromatic N) is 1. The lowest BCUT2D eigenvalue weighted by atomic mass is 9.92. The standard InChI is InChI=1S/C21H26N4O4/c1-3-16(21(28)29)17(4-2)24-18(26)12-14-6-5-11-25(20(14)27)15-9-7-13(8-10-15)19(22)23/h2,7-10,14,16-17H,3,5-6,11-12H2,1H3,(H3,22,23)(H,24,26)(H,28,29)/t14-,16?,17?/m0/s1. The van der Waals surface area contributed by atoms with Gasteiger partial charge in [0.25, 0.3) is 0 Å². The molecule has 1 aliphatic rings. The lowest BCUT2D eigenvalue weighted by Crippen LogP contribution is -2.46. The van der Waals surface area contributed by atoms with Crippen molar-refractivity contribution in [3.63, 3.8) is 0 Å². The van der Waals surface area contributed by atoms with Crippen molar-refractivity contribution in [2.75, 3.05) is 11.4 Å². The van der Waals surface area contributed by atoms with Gasteiger partial charge in [0.15, 0.2) is 0 Å². The minimum atomic E-state index is -1.07. The highest BCUT2D eigenvalue weighted by Gasteiger charge is 2.33. The van der Waals surface area contributed by atoms with Crippen molar-refractivity contribution in [2.45, 2.75) is 38.6 Å². The van der Waals surface area contributed by atoms with E-state index in [1.54, 1.807) is 36.1 Å². The van der Waals surface area contributed by atoms with Crippen LogP contribution in [-0.4, -0.2) is 41.3 Å². The number of aliphatic carboxylic acids is 1. The number of piperidine rings is 1. The zero-order valence-corrected chi connectivity index (χ0v) is 16.4. The van der Waals surface area contributed by atoms with Crippen LogP contribution < -0.4 is 16.0 Å². The van der Waals surface area contributed by atoms with E-state index < -0.39 is 29.8 Å². The van der Waals surface area contributed by atoms with Gasteiger partial charge in [0, 0.05) is 30.1 Å². The van der Waals surface area contributed by atoms with Crippen LogP contribution in [0.3, 0.4) is 0 Å². The van der Waals surface area contributed by atoms with Gasteiger partial charge < -0.3 is 21.1 Å². The van der Waals surface area contributed by atoms with Crippen LogP contribution in [0.2, 0.25) is 0 Å². The molecule has 1 saturated heterocycles. The van der Waals surface area contributed by atoms with E-state index in [1.165, 1.54) is 0 Å². The molecule has 3 atom stereocenters. The van der Waals surface area contributed by atoms with Crippen molar-refractivity contribution in [3.05, 3.63) is 29.8 Å². The SMILES string of the molecule is C#CC(NC(=O)C[C@@H]1CCCN(c2ccc(C(=N)N)cc2)C1=O)C(CC)C(=O)O. The first-order valence-corrected chi connectivity index (χ1v) is 9.52. The monoisotopic (exact) mass is 398 g/mol. The van der Waals surface area contributed by atoms with Crippen LogP contribution >= 0.6 is 0 Å². The Kier molecular flexibility index (Phi) is 7.37. The molecule has 154 valence electrons. The highest BCUT2D eigenvalue weighted by Crippen LogP contribution is 2.27. The summed E-state index contributed by atoms with van der Waals surface area (Å²) in [4.78, 5) is 38.2. The van der Waals surface area contributed by atoms with Gasteiger partial charge >= 0.3 is 5.97 Å². The Balaban J connectivity index is 2.04. The average molecular weight is 398 g/mol. The molecule has 1 aromatic carbocycles.